The Hall–Kier alpha value is -1.26. The van der Waals surface area contributed by atoms with Gasteiger partial charge in [0.15, 0.2) is 0 Å². The maximum Gasteiger partial charge on any atom is 0.115 e. The molecule has 2 rings (SSSR count). The number of aromatic nitrogens is 2. The van der Waals surface area contributed by atoms with Crippen LogP contribution in [0.2, 0.25) is 0 Å². The summed E-state index contributed by atoms with van der Waals surface area (Å²) in [4.78, 5) is 7.70. The van der Waals surface area contributed by atoms with E-state index in [0.717, 1.165) is 11.1 Å². The van der Waals surface area contributed by atoms with Gasteiger partial charge in [-0.05, 0) is 22.4 Å². The van der Waals surface area contributed by atoms with Crippen LogP contribution >= 0.6 is 11.3 Å². The van der Waals surface area contributed by atoms with Crippen molar-refractivity contribution in [1.82, 2.24) is 9.97 Å². The third-order valence-electron chi connectivity index (χ3n) is 1.76. The molecule has 13 heavy (non-hydrogen) atoms. The Balaban J connectivity index is 2.29. The van der Waals surface area contributed by atoms with Gasteiger partial charge in [0.1, 0.15) is 12.4 Å². The number of aliphatic hydroxyl groups excluding tert-OH is 1. The van der Waals surface area contributed by atoms with Gasteiger partial charge in [-0.1, -0.05) is 0 Å². The second-order valence-electron chi connectivity index (χ2n) is 2.63. The van der Waals surface area contributed by atoms with Gasteiger partial charge >= 0.3 is 0 Å². The zero-order valence-electron chi connectivity index (χ0n) is 6.79. The van der Waals surface area contributed by atoms with Crippen LogP contribution in [-0.2, 0) is 0 Å². The van der Waals surface area contributed by atoms with Crippen molar-refractivity contribution < 1.29 is 5.11 Å². The summed E-state index contributed by atoms with van der Waals surface area (Å²) in [7, 11) is 0. The van der Waals surface area contributed by atoms with Crippen molar-refractivity contribution in [2.24, 2.45) is 0 Å². The molecule has 3 nitrogen and oxygen atoms in total. The Morgan fingerprint density at radius 3 is 2.62 bits per heavy atom. The average molecular weight is 192 g/mol. The number of nitrogens with zero attached hydrogens (tertiary/aromatic N) is 2. The van der Waals surface area contributed by atoms with E-state index in [2.05, 4.69) is 9.97 Å². The number of hydrogen-bond donors (Lipinski definition) is 1. The summed E-state index contributed by atoms with van der Waals surface area (Å²) in [5, 5.41) is 13.7. The molecule has 4 heteroatoms. The minimum Gasteiger partial charge on any atom is -0.384 e. The van der Waals surface area contributed by atoms with E-state index in [9.17, 15) is 5.11 Å². The second-order valence-corrected chi connectivity index (χ2v) is 3.41. The summed E-state index contributed by atoms with van der Waals surface area (Å²) < 4.78 is 0. The van der Waals surface area contributed by atoms with Crippen molar-refractivity contribution in [3.8, 4) is 0 Å². The van der Waals surface area contributed by atoms with Gasteiger partial charge in [-0.3, -0.25) is 0 Å². The predicted molar refractivity (Wildman–Crippen MR) is 50.4 cm³/mol. The van der Waals surface area contributed by atoms with Gasteiger partial charge in [-0.15, -0.1) is 0 Å². The molecule has 0 aliphatic rings. The zero-order valence-corrected chi connectivity index (χ0v) is 7.61. The van der Waals surface area contributed by atoms with E-state index < -0.39 is 6.10 Å². The molecule has 0 aromatic carbocycles. The van der Waals surface area contributed by atoms with Crippen molar-refractivity contribution in [2.45, 2.75) is 6.10 Å². The van der Waals surface area contributed by atoms with E-state index in [-0.39, 0.29) is 0 Å². The van der Waals surface area contributed by atoms with Gasteiger partial charge in [0.25, 0.3) is 0 Å². The lowest BCUT2D eigenvalue weighted by Crippen LogP contribution is -1.98. The molecule has 0 fully saturated rings. The molecule has 2 aromatic heterocycles. The van der Waals surface area contributed by atoms with Crippen LogP contribution in [0, 0.1) is 0 Å². The van der Waals surface area contributed by atoms with Crippen molar-refractivity contribution >= 4 is 11.3 Å². The maximum absolute atomic E-state index is 9.81. The second kappa shape index (κ2) is 3.64. The Bertz CT molecular complexity index is 360. The SMILES string of the molecule is OC(c1cncnc1)c1ccsc1. The van der Waals surface area contributed by atoms with Gasteiger partial charge in [0, 0.05) is 18.0 Å². The summed E-state index contributed by atoms with van der Waals surface area (Å²) >= 11 is 1.56. The van der Waals surface area contributed by atoms with Crippen LogP contribution in [0.4, 0.5) is 0 Å². The summed E-state index contributed by atoms with van der Waals surface area (Å²) in [6.07, 6.45) is 4.08. The smallest absolute Gasteiger partial charge is 0.115 e. The van der Waals surface area contributed by atoms with E-state index >= 15 is 0 Å². The fourth-order valence-electron chi connectivity index (χ4n) is 1.07. The molecule has 0 radical (unpaired) electrons. The molecule has 0 amide bonds. The van der Waals surface area contributed by atoms with Crippen molar-refractivity contribution in [1.29, 1.82) is 0 Å². The molecule has 0 bridgehead atoms. The van der Waals surface area contributed by atoms with Gasteiger partial charge in [-0.2, -0.15) is 11.3 Å². The van der Waals surface area contributed by atoms with Crippen LogP contribution < -0.4 is 0 Å². The maximum atomic E-state index is 9.81. The molecule has 0 aliphatic carbocycles. The van der Waals surface area contributed by atoms with E-state index in [1.54, 1.807) is 23.7 Å². The minimum absolute atomic E-state index is 0.604. The first-order chi connectivity index (χ1) is 6.38. The zero-order chi connectivity index (χ0) is 9.10. The molecule has 2 heterocycles. The molecule has 0 saturated carbocycles. The van der Waals surface area contributed by atoms with Gasteiger partial charge in [0.05, 0.1) is 0 Å². The van der Waals surface area contributed by atoms with E-state index in [1.807, 2.05) is 16.8 Å². The molecule has 0 spiro atoms. The monoisotopic (exact) mass is 192 g/mol. The predicted octanol–water partition coefficient (Wildman–Crippen LogP) is 1.62. The van der Waals surface area contributed by atoms with E-state index in [4.69, 9.17) is 0 Å². The van der Waals surface area contributed by atoms with Crippen LogP contribution in [0.5, 0.6) is 0 Å². The number of thiophene rings is 1. The fourth-order valence-corrected chi connectivity index (χ4v) is 1.75. The molecular weight excluding hydrogens is 184 g/mol. The lowest BCUT2D eigenvalue weighted by Gasteiger charge is -2.06. The van der Waals surface area contributed by atoms with Crippen molar-refractivity contribution in [3.05, 3.63) is 46.7 Å². The minimum atomic E-state index is -0.604. The highest BCUT2D eigenvalue weighted by molar-refractivity contribution is 7.07. The molecule has 1 N–H and O–H groups in total. The van der Waals surface area contributed by atoms with Crippen LogP contribution in [0.1, 0.15) is 17.2 Å². The molecular formula is C9H8N2OS. The number of hydrogen-bond acceptors (Lipinski definition) is 4. The summed E-state index contributed by atoms with van der Waals surface area (Å²) in [5.41, 5.74) is 1.61. The normalized spacial score (nSPS) is 12.7. The van der Waals surface area contributed by atoms with Gasteiger partial charge in [-0.25, -0.2) is 9.97 Å². The first-order valence-electron chi connectivity index (χ1n) is 3.83. The van der Waals surface area contributed by atoms with Crippen LogP contribution in [-0.4, -0.2) is 15.1 Å². The molecule has 0 aliphatic heterocycles. The van der Waals surface area contributed by atoms with Crippen molar-refractivity contribution in [2.75, 3.05) is 0 Å². The third kappa shape index (κ3) is 1.74. The number of aliphatic hydroxyl groups is 1. The highest BCUT2D eigenvalue weighted by Crippen LogP contribution is 2.22. The largest absolute Gasteiger partial charge is 0.384 e. The Kier molecular flexibility index (Phi) is 2.33. The van der Waals surface area contributed by atoms with Crippen LogP contribution in [0.15, 0.2) is 35.5 Å². The van der Waals surface area contributed by atoms with E-state index in [1.165, 1.54) is 6.33 Å². The highest BCUT2D eigenvalue weighted by atomic mass is 32.1. The van der Waals surface area contributed by atoms with Crippen LogP contribution in [0.3, 0.4) is 0 Å². The standard InChI is InChI=1S/C9H8N2OS/c12-9(7-1-2-13-5-7)8-3-10-6-11-4-8/h1-6,9,12H. The number of rotatable bonds is 2. The Morgan fingerprint density at radius 1 is 1.23 bits per heavy atom. The Morgan fingerprint density at radius 2 is 2.00 bits per heavy atom. The molecule has 1 unspecified atom stereocenters. The van der Waals surface area contributed by atoms with E-state index in [0.29, 0.717) is 0 Å². The van der Waals surface area contributed by atoms with Crippen molar-refractivity contribution in [3.63, 3.8) is 0 Å². The summed E-state index contributed by atoms with van der Waals surface area (Å²) in [6.45, 7) is 0. The summed E-state index contributed by atoms with van der Waals surface area (Å²) in [6, 6.07) is 1.89. The molecule has 0 saturated heterocycles. The highest BCUT2D eigenvalue weighted by Gasteiger charge is 2.10. The first kappa shape index (κ1) is 8.34. The van der Waals surface area contributed by atoms with Gasteiger partial charge < -0.3 is 5.11 Å². The third-order valence-corrected chi connectivity index (χ3v) is 2.46. The Labute approximate surface area is 79.7 Å². The van der Waals surface area contributed by atoms with Crippen LogP contribution in [0.25, 0.3) is 0 Å². The lowest BCUT2D eigenvalue weighted by atomic mass is 10.1. The molecule has 66 valence electrons. The fraction of sp³-hybridized carbons (Fsp3) is 0.111. The quantitative estimate of drug-likeness (QED) is 0.786. The lowest BCUT2D eigenvalue weighted by molar-refractivity contribution is 0.220. The van der Waals surface area contributed by atoms with Gasteiger partial charge in [0.2, 0.25) is 0 Å². The topological polar surface area (TPSA) is 46.0 Å². The molecule has 2 aromatic rings. The first-order valence-corrected chi connectivity index (χ1v) is 4.77. The average Bonchev–Trinajstić information content (AvgIpc) is 2.71. The summed E-state index contributed by atoms with van der Waals surface area (Å²) in [5.74, 6) is 0. The molecule has 1 atom stereocenters.